The lowest BCUT2D eigenvalue weighted by atomic mass is 9.87. The molecule has 3 aromatic rings. The highest BCUT2D eigenvalue weighted by Gasteiger charge is 2.33. The molecule has 0 bridgehead atoms. The van der Waals surface area contributed by atoms with Crippen LogP contribution in [0.4, 0.5) is 4.39 Å². The second-order valence-corrected chi connectivity index (χ2v) is 13.0. The van der Waals surface area contributed by atoms with Crippen LogP contribution in [0.3, 0.4) is 0 Å². The van der Waals surface area contributed by atoms with E-state index in [0.29, 0.717) is 25.8 Å². The maximum Gasteiger partial charge on any atom is 0.305 e. The van der Waals surface area contributed by atoms with E-state index in [1.54, 1.807) is 0 Å². The number of aromatic nitrogens is 1. The number of halogens is 1. The lowest BCUT2D eigenvalue weighted by Crippen LogP contribution is -2.45. The largest absolute Gasteiger partial charge is 0.481 e. The Hall–Kier alpha value is -3.85. The van der Waals surface area contributed by atoms with E-state index in [9.17, 15) is 32.3 Å². The number of nitrogens with one attached hydrogen (secondary N) is 2. The van der Waals surface area contributed by atoms with Crippen LogP contribution in [0.15, 0.2) is 53.4 Å². The van der Waals surface area contributed by atoms with Crippen molar-refractivity contribution in [3.05, 3.63) is 65.6 Å². The Kier molecular flexibility index (Phi) is 11.6. The zero-order chi connectivity index (χ0) is 32.7. The molecular formula is C30H38FN3O9S. The van der Waals surface area contributed by atoms with E-state index in [-0.39, 0.29) is 36.9 Å². The molecule has 0 fully saturated rings. The second kappa shape index (κ2) is 14.8. The minimum Gasteiger partial charge on any atom is -0.481 e. The number of aliphatic hydroxyl groups excluding tert-OH is 2. The molecule has 0 radical (unpaired) electrons. The number of amides is 1. The molecule has 0 saturated carbocycles. The van der Waals surface area contributed by atoms with Gasteiger partial charge in [0.2, 0.25) is 15.9 Å². The fraction of sp³-hybridized carbons (Fsp3) is 0.433. The molecule has 2 atom stereocenters. The summed E-state index contributed by atoms with van der Waals surface area (Å²) in [6.07, 6.45) is 0.272. The number of carboxylic acid groups (broad SMARTS) is 2. The summed E-state index contributed by atoms with van der Waals surface area (Å²) in [5, 5.41) is 39.1. The first kappa shape index (κ1) is 34.6. The predicted octanol–water partition coefficient (Wildman–Crippen LogP) is 2.05. The van der Waals surface area contributed by atoms with Crippen molar-refractivity contribution < 1.29 is 47.6 Å². The average molecular weight is 636 g/mol. The Morgan fingerprint density at radius 2 is 1.68 bits per heavy atom. The number of aliphatic hydroxyl groups is 2. The first-order valence-corrected chi connectivity index (χ1v) is 15.5. The van der Waals surface area contributed by atoms with E-state index in [4.69, 9.17) is 15.3 Å². The molecule has 12 nitrogen and oxygen atoms in total. The quantitative estimate of drug-likeness (QED) is 0.173. The van der Waals surface area contributed by atoms with Crippen molar-refractivity contribution >= 4 is 38.8 Å². The maximum absolute atomic E-state index is 13.1. The van der Waals surface area contributed by atoms with Crippen molar-refractivity contribution in [2.24, 2.45) is 5.41 Å². The van der Waals surface area contributed by atoms with Gasteiger partial charge in [-0.1, -0.05) is 32.0 Å². The zero-order valence-electron chi connectivity index (χ0n) is 24.5. The molecule has 0 unspecified atom stereocenters. The molecule has 1 aliphatic rings. The van der Waals surface area contributed by atoms with Crippen LogP contribution >= 0.6 is 0 Å². The summed E-state index contributed by atoms with van der Waals surface area (Å²) in [5.74, 6) is -3.03. The number of sulfonamides is 1. The lowest BCUT2D eigenvalue weighted by Gasteiger charge is -2.26. The van der Waals surface area contributed by atoms with Crippen molar-refractivity contribution in [1.82, 2.24) is 14.6 Å². The van der Waals surface area contributed by atoms with Crippen LogP contribution in [-0.4, -0.2) is 76.6 Å². The van der Waals surface area contributed by atoms with Gasteiger partial charge in [-0.05, 0) is 55.2 Å². The van der Waals surface area contributed by atoms with E-state index in [0.717, 1.165) is 34.3 Å². The van der Waals surface area contributed by atoms with E-state index >= 15 is 0 Å². The van der Waals surface area contributed by atoms with Crippen molar-refractivity contribution in [2.45, 2.75) is 69.5 Å². The van der Waals surface area contributed by atoms with Gasteiger partial charge in [0.25, 0.3) is 0 Å². The van der Waals surface area contributed by atoms with Gasteiger partial charge in [-0.2, -0.15) is 0 Å². The summed E-state index contributed by atoms with van der Waals surface area (Å²) in [6, 6.07) is 12.3. The van der Waals surface area contributed by atoms with Crippen LogP contribution in [0.25, 0.3) is 10.9 Å². The van der Waals surface area contributed by atoms with E-state index in [1.807, 2.05) is 28.8 Å². The third-order valence-electron chi connectivity index (χ3n) is 7.40. The number of nitrogens with zero attached hydrogens (tertiary/aromatic N) is 1. The van der Waals surface area contributed by atoms with E-state index in [1.165, 1.54) is 26.0 Å². The average Bonchev–Trinajstić information content (AvgIpc) is 3.28. The van der Waals surface area contributed by atoms with Crippen LogP contribution in [0.5, 0.6) is 0 Å². The first-order chi connectivity index (χ1) is 20.7. The summed E-state index contributed by atoms with van der Waals surface area (Å²) >= 11 is 0. The fourth-order valence-corrected chi connectivity index (χ4v) is 6.17. The second-order valence-electron chi connectivity index (χ2n) is 11.2. The molecule has 4 rings (SSSR count). The number of aryl methyl sites for hydroxylation is 1. The molecule has 1 heterocycles. The Bertz CT molecular complexity index is 1590. The van der Waals surface area contributed by atoms with Crippen LogP contribution in [0.1, 0.15) is 44.4 Å². The van der Waals surface area contributed by atoms with Crippen LogP contribution in [0, 0.1) is 11.2 Å². The topological polar surface area (TPSA) is 195 Å². The number of benzene rings is 2. The molecule has 1 amide bonds. The third kappa shape index (κ3) is 8.85. The van der Waals surface area contributed by atoms with Gasteiger partial charge in [0.1, 0.15) is 11.9 Å². The Morgan fingerprint density at radius 1 is 1.05 bits per heavy atom. The smallest absolute Gasteiger partial charge is 0.305 e. The number of hydrogen-bond acceptors (Lipinski definition) is 7. The summed E-state index contributed by atoms with van der Waals surface area (Å²) in [4.78, 5) is 32.5. The number of rotatable bonds is 12. The summed E-state index contributed by atoms with van der Waals surface area (Å²) in [7, 11) is -3.75. The zero-order valence-corrected chi connectivity index (χ0v) is 25.3. The molecule has 0 aliphatic heterocycles. The van der Waals surface area contributed by atoms with E-state index in [2.05, 4.69) is 10.0 Å². The highest BCUT2D eigenvalue weighted by molar-refractivity contribution is 7.89. The van der Waals surface area contributed by atoms with Crippen molar-refractivity contribution in [1.29, 1.82) is 0 Å². The lowest BCUT2D eigenvalue weighted by molar-refractivity contribution is -0.139. The predicted molar refractivity (Wildman–Crippen MR) is 159 cm³/mol. The van der Waals surface area contributed by atoms with Gasteiger partial charge < -0.3 is 30.3 Å². The molecule has 1 aliphatic carbocycles. The van der Waals surface area contributed by atoms with Gasteiger partial charge in [0, 0.05) is 41.1 Å². The van der Waals surface area contributed by atoms with Gasteiger partial charge in [0.15, 0.2) is 0 Å². The van der Waals surface area contributed by atoms with Crippen LogP contribution in [-0.2, 0) is 43.8 Å². The molecule has 2 aromatic carbocycles. The van der Waals surface area contributed by atoms with Gasteiger partial charge in [-0.25, -0.2) is 17.5 Å². The number of carboxylic acids is 2. The molecular weight excluding hydrogens is 597 g/mol. The normalized spacial score (nSPS) is 15.5. The fourth-order valence-electron chi connectivity index (χ4n) is 4.90. The summed E-state index contributed by atoms with van der Waals surface area (Å²) in [6.45, 7) is 3.09. The Labute approximate surface area is 254 Å². The van der Waals surface area contributed by atoms with E-state index < -0.39 is 45.2 Å². The number of hydrogen-bond donors (Lipinski definition) is 6. The van der Waals surface area contributed by atoms with Crippen LogP contribution in [0.2, 0.25) is 0 Å². The molecule has 0 spiro atoms. The molecule has 0 saturated heterocycles. The highest BCUT2D eigenvalue weighted by Crippen LogP contribution is 2.33. The molecule has 240 valence electrons. The Balaban J connectivity index is 0.000000301. The monoisotopic (exact) mass is 635 g/mol. The number of para-hydroxylation sites is 1. The number of carbonyl (C=O) groups is 3. The van der Waals surface area contributed by atoms with Crippen molar-refractivity contribution in [3.8, 4) is 0 Å². The number of aliphatic carboxylic acids is 2. The van der Waals surface area contributed by atoms with Crippen LogP contribution < -0.4 is 10.0 Å². The molecule has 1 aromatic heterocycles. The maximum atomic E-state index is 13.1. The van der Waals surface area contributed by atoms with Crippen molar-refractivity contribution in [3.63, 3.8) is 0 Å². The van der Waals surface area contributed by atoms with Gasteiger partial charge in [-0.3, -0.25) is 14.4 Å². The minimum absolute atomic E-state index is 0.0335. The van der Waals surface area contributed by atoms with Gasteiger partial charge in [0.05, 0.1) is 24.3 Å². The van der Waals surface area contributed by atoms with Gasteiger partial charge >= 0.3 is 11.9 Å². The molecule has 6 N–H and O–H groups in total. The molecule has 14 heteroatoms. The third-order valence-corrected chi connectivity index (χ3v) is 8.94. The van der Waals surface area contributed by atoms with Gasteiger partial charge in [-0.15, -0.1) is 0 Å². The summed E-state index contributed by atoms with van der Waals surface area (Å²) < 4.78 is 43.2. The molecule has 44 heavy (non-hydrogen) atoms. The standard InChI is InChI=1S/C21H21FN2O4S.C9H17NO5/c22-14-5-8-16(9-6-14)29(27,28)23-15-7-10-20-18(13-15)17-3-1-2-4-19(17)24(20)12-11-21(25)26;1-9(2,5-11)7(14)8(15)10-4-3-6(12)13/h1-6,8-9,15,23H,7,10-13H2,(H,25,26);7,11,14H,3-5H2,1-2H3,(H,10,15)(H,12,13)/t15-;7-/m10/s1. The van der Waals surface area contributed by atoms with Crippen molar-refractivity contribution in [2.75, 3.05) is 13.2 Å². The highest BCUT2D eigenvalue weighted by atomic mass is 32.2. The Morgan fingerprint density at radius 3 is 2.30 bits per heavy atom. The SMILES string of the molecule is CC(C)(CO)[C@@H](O)C(=O)NCCC(=O)O.O=C(O)CCn1c2c(c3ccccc31)C[C@H](NS(=O)(=O)c1ccc(F)cc1)CC2. The number of carbonyl (C=O) groups excluding carboxylic acids is 1. The minimum atomic E-state index is -3.75. The summed E-state index contributed by atoms with van der Waals surface area (Å²) in [5.41, 5.74) is 2.17. The number of fused-ring (bicyclic) bond motifs is 3. The first-order valence-electron chi connectivity index (χ1n) is 14.0.